The quantitative estimate of drug-likeness (QED) is 0.0967. The van der Waals surface area contributed by atoms with Gasteiger partial charge in [-0.3, -0.25) is 43.2 Å². The van der Waals surface area contributed by atoms with Gasteiger partial charge in [-0.1, -0.05) is 48.5 Å². The number of rotatable bonds is 17. The van der Waals surface area contributed by atoms with E-state index in [0.717, 1.165) is 12.8 Å². The van der Waals surface area contributed by atoms with Crippen molar-refractivity contribution >= 4 is 59.7 Å². The van der Waals surface area contributed by atoms with E-state index in [-0.39, 0.29) is 91.2 Å². The highest BCUT2D eigenvalue weighted by Crippen LogP contribution is 2.42. The van der Waals surface area contributed by atoms with Gasteiger partial charge in [-0.15, -0.1) is 0 Å². The van der Waals surface area contributed by atoms with E-state index in [4.69, 9.17) is 52.1 Å². The van der Waals surface area contributed by atoms with Gasteiger partial charge < -0.3 is 52.1 Å². The van der Waals surface area contributed by atoms with E-state index in [2.05, 4.69) is 0 Å². The molecule has 0 aromatic heterocycles. The van der Waals surface area contributed by atoms with Crippen LogP contribution in [0.5, 0.6) is 0 Å². The predicted molar refractivity (Wildman–Crippen MR) is 300 cm³/mol. The smallest absolute Gasteiger partial charge is 0.348 e. The fraction of sp³-hybridized carbons (Fsp3) is 0.836. The monoisotopic (exact) mass is 1170 g/mol. The normalized spacial score (nSPS) is 27.1. The maximum atomic E-state index is 12.1. The molecule has 5 saturated heterocycles. The van der Waals surface area contributed by atoms with Crippen LogP contribution in [0.25, 0.3) is 0 Å². The van der Waals surface area contributed by atoms with Gasteiger partial charge >= 0.3 is 59.7 Å². The number of hydrogen-bond donors (Lipinski definition) is 0. The van der Waals surface area contributed by atoms with Crippen molar-refractivity contribution in [3.8, 4) is 0 Å². The van der Waals surface area contributed by atoms with Crippen LogP contribution in [0.2, 0.25) is 0 Å². The summed E-state index contributed by atoms with van der Waals surface area (Å²) >= 11 is 0. The first-order chi connectivity index (χ1) is 37.0. The fourth-order valence-corrected chi connectivity index (χ4v) is 7.69. The van der Waals surface area contributed by atoms with E-state index in [1.165, 1.54) is 0 Å². The largest absolute Gasteiger partial charge is 0.457 e. The lowest BCUT2D eigenvalue weighted by molar-refractivity contribution is -0.184. The lowest BCUT2D eigenvalue weighted by atomic mass is 9.85. The number of esters is 10. The Morgan fingerprint density at radius 1 is 0.500 bits per heavy atom. The summed E-state index contributed by atoms with van der Waals surface area (Å²) in [6.45, 7) is 43.8. The maximum Gasteiger partial charge on any atom is 0.348 e. The van der Waals surface area contributed by atoms with E-state index < -0.39 is 79.7 Å². The first kappa shape index (κ1) is 74.7. The summed E-state index contributed by atoms with van der Waals surface area (Å²) in [4.78, 5) is 116. The average molecular weight is 1170 g/mol. The van der Waals surface area contributed by atoms with E-state index >= 15 is 0 Å². The van der Waals surface area contributed by atoms with Gasteiger partial charge in [-0.25, -0.2) is 4.79 Å². The third-order valence-corrected chi connectivity index (χ3v) is 16.7. The Hall–Kier alpha value is -5.34. The third-order valence-electron chi connectivity index (χ3n) is 16.7. The zero-order valence-corrected chi connectivity index (χ0v) is 54.2. The van der Waals surface area contributed by atoms with E-state index in [0.29, 0.717) is 32.3 Å². The topological polar surface area (TPSA) is 272 Å². The number of ether oxygens (including phenoxy) is 11. The molecule has 0 spiro atoms. The standard InChI is InChI=1S/C13H22O5.C13H22O4.2C12H20O4.C11H18O4/c1-6-12(2,3)11(15)17-9-7-13(4,8-16-5)18-10(9)14;1-7-11(2,3)10(15)17-13(6)8-9(14)16-12(13,4)5;1-6-11(2,3)10(14)15-8-7-9(13)16-12(8,4)5;1-6-8(2)10(14)16-12(5)7-9(13)15-11(12,3)4;1-5-7(2)10(13)14-8-6-9(12)15-11(8,3)4/h9H,6-8H2,1-5H3;7-8H2,1-6H3;2*8H,6-7H2,1-5H3;7-8H,5-6H2,1-4H3. The molecule has 0 N–H and O–H groups in total. The molecular weight excluding hydrogens is 1070 g/mol. The van der Waals surface area contributed by atoms with Gasteiger partial charge in [0, 0.05) is 13.5 Å². The lowest BCUT2D eigenvalue weighted by Gasteiger charge is -2.36. The molecule has 472 valence electrons. The van der Waals surface area contributed by atoms with Crippen molar-refractivity contribution in [2.45, 2.75) is 288 Å². The third kappa shape index (κ3) is 20.2. The summed E-state index contributed by atoms with van der Waals surface area (Å²) < 4.78 is 57.6. The van der Waals surface area contributed by atoms with Gasteiger partial charge in [-0.05, 0) is 150 Å². The van der Waals surface area contributed by atoms with Gasteiger partial charge in [0.05, 0.1) is 60.4 Å². The van der Waals surface area contributed by atoms with Gasteiger partial charge in [0.1, 0.15) is 28.0 Å². The second kappa shape index (κ2) is 28.5. The Morgan fingerprint density at radius 3 is 1.21 bits per heavy atom. The van der Waals surface area contributed by atoms with Crippen molar-refractivity contribution in [2.24, 2.45) is 28.1 Å². The van der Waals surface area contributed by atoms with Crippen LogP contribution >= 0.6 is 0 Å². The van der Waals surface area contributed by atoms with E-state index in [1.54, 1.807) is 97.1 Å². The molecule has 0 radical (unpaired) electrons. The second-order valence-corrected chi connectivity index (χ2v) is 26.7. The molecule has 21 heteroatoms. The van der Waals surface area contributed by atoms with Crippen LogP contribution in [0.4, 0.5) is 0 Å². The summed E-state index contributed by atoms with van der Waals surface area (Å²) in [7, 11) is 1.54. The Balaban J connectivity index is 0.000000513. The zero-order valence-electron chi connectivity index (χ0n) is 54.2. The van der Waals surface area contributed by atoms with Crippen molar-refractivity contribution in [1.82, 2.24) is 0 Å². The molecule has 5 aliphatic heterocycles. The van der Waals surface area contributed by atoms with Crippen LogP contribution in [0.15, 0.2) is 0 Å². The zero-order chi connectivity index (χ0) is 64.2. The molecular formula is C61H102O21. The summed E-state index contributed by atoms with van der Waals surface area (Å²) in [5.41, 5.74) is -7.01. The van der Waals surface area contributed by atoms with Crippen molar-refractivity contribution in [1.29, 1.82) is 0 Å². The molecule has 82 heavy (non-hydrogen) atoms. The minimum atomic E-state index is -0.881. The van der Waals surface area contributed by atoms with Crippen LogP contribution in [0.1, 0.15) is 230 Å². The maximum absolute atomic E-state index is 12.1. The molecule has 0 aromatic rings. The van der Waals surface area contributed by atoms with Crippen LogP contribution in [-0.2, 0) is 100 Å². The predicted octanol–water partition coefficient (Wildman–Crippen LogP) is 9.93. The summed E-state index contributed by atoms with van der Waals surface area (Å²) in [5, 5.41) is 0. The molecule has 0 aliphatic carbocycles. The number of methoxy groups -OCH3 is 1. The molecule has 21 nitrogen and oxygen atoms in total. The molecule has 8 unspecified atom stereocenters. The van der Waals surface area contributed by atoms with Crippen molar-refractivity contribution in [3.63, 3.8) is 0 Å². The van der Waals surface area contributed by atoms with Crippen LogP contribution < -0.4 is 0 Å². The molecule has 0 bridgehead atoms. The van der Waals surface area contributed by atoms with Crippen molar-refractivity contribution in [2.75, 3.05) is 13.7 Å². The second-order valence-electron chi connectivity index (χ2n) is 26.7. The number of cyclic esters (lactones) is 5. The van der Waals surface area contributed by atoms with Crippen molar-refractivity contribution in [3.05, 3.63) is 0 Å². The Labute approximate surface area is 487 Å². The van der Waals surface area contributed by atoms with Gasteiger partial charge in [0.15, 0.2) is 23.4 Å². The Kier molecular flexibility index (Phi) is 25.9. The molecule has 5 rings (SSSR count). The van der Waals surface area contributed by atoms with Gasteiger partial charge in [0.25, 0.3) is 0 Å². The lowest BCUT2D eigenvalue weighted by Crippen LogP contribution is -2.49. The highest BCUT2D eigenvalue weighted by atomic mass is 16.6. The average Bonchev–Trinajstić information content (AvgIpc) is 4.13. The highest BCUT2D eigenvalue weighted by Gasteiger charge is 2.57. The van der Waals surface area contributed by atoms with Gasteiger partial charge in [-0.2, -0.15) is 0 Å². The molecule has 8 atom stereocenters. The van der Waals surface area contributed by atoms with Crippen LogP contribution in [0, 0.1) is 28.1 Å². The Bertz CT molecular complexity index is 2290. The summed E-state index contributed by atoms with van der Waals surface area (Å²) in [6.07, 6.45) is 2.67. The highest BCUT2D eigenvalue weighted by molar-refractivity contribution is 5.84. The molecule has 5 fully saturated rings. The van der Waals surface area contributed by atoms with Crippen molar-refractivity contribution < 1.29 is 100 Å². The van der Waals surface area contributed by atoms with Crippen LogP contribution in [0.3, 0.4) is 0 Å². The summed E-state index contributed by atoms with van der Waals surface area (Å²) in [6, 6.07) is 0. The Morgan fingerprint density at radius 2 is 0.866 bits per heavy atom. The number of carbonyl (C=O) groups excluding carboxylic acids is 10. The van der Waals surface area contributed by atoms with E-state index in [1.807, 2.05) is 76.2 Å². The van der Waals surface area contributed by atoms with E-state index in [9.17, 15) is 47.9 Å². The minimum Gasteiger partial charge on any atom is -0.457 e. The first-order valence-electron chi connectivity index (χ1n) is 28.7. The summed E-state index contributed by atoms with van der Waals surface area (Å²) in [5.74, 6) is -3.46. The molecule has 0 aromatic carbocycles. The molecule has 5 aliphatic rings. The molecule has 5 heterocycles. The van der Waals surface area contributed by atoms with Crippen LogP contribution in [-0.4, -0.2) is 131 Å². The first-order valence-corrected chi connectivity index (χ1v) is 28.7. The van der Waals surface area contributed by atoms with Gasteiger partial charge in [0.2, 0.25) is 6.10 Å². The minimum absolute atomic E-state index is 0.117. The molecule has 0 saturated carbocycles. The fourth-order valence-electron chi connectivity index (χ4n) is 7.69. The number of hydrogen-bond acceptors (Lipinski definition) is 21. The number of carbonyl (C=O) groups is 10. The SMILES string of the molecule is CCC(C)(C)C(=O)OC1(C)CC(=O)OC1(C)C.CCC(C)(C)C(=O)OC1CC(=O)OC1(C)C.CCC(C)(C)C(=O)OC1CC(C)(COC)OC1=O.CCC(C)C(=O)OC1(C)CC(=O)OC1(C)C.CCC(C)C(=O)OC1CC(=O)OC1(C)C. The molecule has 0 amide bonds.